The zero-order valence-corrected chi connectivity index (χ0v) is 15.3. The summed E-state index contributed by atoms with van der Waals surface area (Å²) in [6.07, 6.45) is 1.94. The molecule has 0 bridgehead atoms. The Bertz CT molecular complexity index is 712. The number of ether oxygens (including phenoxy) is 3. The Balaban J connectivity index is 2.24. The predicted molar refractivity (Wildman–Crippen MR) is 92.8 cm³/mol. The number of aromatic hydroxyl groups is 1. The van der Waals surface area contributed by atoms with Gasteiger partial charge in [-0.1, -0.05) is 6.07 Å². The zero-order valence-electron chi connectivity index (χ0n) is 15.3. The van der Waals surface area contributed by atoms with E-state index < -0.39 is 0 Å². The van der Waals surface area contributed by atoms with Crippen molar-refractivity contribution in [2.45, 2.75) is 24.5 Å². The largest absolute Gasteiger partial charge is 0.504 e. The Hall–Kier alpha value is -2.05. The molecule has 25 heavy (non-hydrogen) atoms. The Labute approximate surface area is 148 Å². The highest BCUT2D eigenvalue weighted by Gasteiger charge is 2.48. The number of fused-ring (bicyclic) bond motifs is 3. The molecule has 136 valence electrons. The van der Waals surface area contributed by atoms with Gasteiger partial charge in [0, 0.05) is 37.0 Å². The molecule has 1 N–H and O–H groups in total. The van der Waals surface area contributed by atoms with Gasteiger partial charge in [0.2, 0.25) is 0 Å². The zero-order chi connectivity index (χ0) is 18.3. The van der Waals surface area contributed by atoms with Crippen LogP contribution in [0.1, 0.15) is 29.6 Å². The van der Waals surface area contributed by atoms with Crippen LogP contribution < -0.4 is 4.74 Å². The number of phenolic OH excluding ortho intramolecular Hbond substituents is 1. The highest BCUT2D eigenvalue weighted by atomic mass is 16.5. The minimum absolute atomic E-state index is 0.0156. The highest BCUT2D eigenvalue weighted by Crippen LogP contribution is 2.53. The van der Waals surface area contributed by atoms with Crippen molar-refractivity contribution in [2.24, 2.45) is 5.92 Å². The van der Waals surface area contributed by atoms with E-state index in [1.165, 1.54) is 14.2 Å². The topological polar surface area (TPSA) is 68.2 Å². The molecule has 6 heteroatoms. The first-order chi connectivity index (χ1) is 11.9. The fraction of sp³-hybridized carbons (Fsp3) is 0.526. The molecule has 0 amide bonds. The van der Waals surface area contributed by atoms with Crippen LogP contribution >= 0.6 is 0 Å². The number of rotatable bonds is 4. The van der Waals surface area contributed by atoms with E-state index in [0.717, 1.165) is 11.1 Å². The third-order valence-electron chi connectivity index (χ3n) is 5.37. The molecule has 2 unspecified atom stereocenters. The van der Waals surface area contributed by atoms with Crippen molar-refractivity contribution in [1.29, 1.82) is 0 Å². The molecule has 0 saturated carbocycles. The van der Waals surface area contributed by atoms with Crippen LogP contribution in [0.15, 0.2) is 24.0 Å². The Kier molecular flexibility index (Phi) is 4.75. The maximum atomic E-state index is 12.4. The number of methoxy groups -OCH3 is 3. The van der Waals surface area contributed by atoms with E-state index in [1.54, 1.807) is 13.2 Å². The summed E-state index contributed by atoms with van der Waals surface area (Å²) in [5.74, 6) is 0.674. The first-order valence-electron chi connectivity index (χ1n) is 8.32. The molecule has 2 aliphatic carbocycles. The fourth-order valence-corrected chi connectivity index (χ4v) is 4.31. The van der Waals surface area contributed by atoms with Crippen molar-refractivity contribution >= 4 is 5.78 Å². The first kappa shape index (κ1) is 17.8. The third-order valence-corrected chi connectivity index (χ3v) is 5.37. The summed E-state index contributed by atoms with van der Waals surface area (Å²) in [5, 5.41) is 10.8. The Morgan fingerprint density at radius 3 is 2.44 bits per heavy atom. The smallest absolute Gasteiger partial charge is 0.197 e. The number of phenols is 1. The normalized spacial score (nSPS) is 28.2. The van der Waals surface area contributed by atoms with Crippen LogP contribution in [0, 0.1) is 5.92 Å². The lowest BCUT2D eigenvalue weighted by Crippen LogP contribution is -2.48. The molecule has 3 rings (SSSR count). The second-order valence-corrected chi connectivity index (χ2v) is 6.78. The molecule has 0 aromatic heterocycles. The molecule has 2 aliphatic rings. The average Bonchev–Trinajstić information content (AvgIpc) is 2.59. The molecular formula is C19H25NO5. The number of nitrogens with zero attached hydrogens (tertiary/aromatic N) is 1. The van der Waals surface area contributed by atoms with Crippen molar-refractivity contribution in [2.75, 3.05) is 35.4 Å². The monoisotopic (exact) mass is 347 g/mol. The van der Waals surface area contributed by atoms with Crippen LogP contribution in [0.25, 0.3) is 0 Å². The molecule has 4 atom stereocenters. The van der Waals surface area contributed by atoms with E-state index in [9.17, 15) is 9.90 Å². The van der Waals surface area contributed by atoms with Crippen molar-refractivity contribution < 1.29 is 24.1 Å². The minimum atomic E-state index is -0.231. The summed E-state index contributed by atoms with van der Waals surface area (Å²) < 4.78 is 16.4. The molecule has 0 aliphatic heterocycles. The number of hydrogen-bond acceptors (Lipinski definition) is 6. The lowest BCUT2D eigenvalue weighted by Gasteiger charge is -2.47. The second-order valence-electron chi connectivity index (χ2n) is 6.78. The van der Waals surface area contributed by atoms with Gasteiger partial charge in [0.25, 0.3) is 0 Å². The van der Waals surface area contributed by atoms with Crippen molar-refractivity contribution in [3.05, 3.63) is 35.1 Å². The number of carbonyl (C=O) groups is 1. The van der Waals surface area contributed by atoms with E-state index in [2.05, 4.69) is 4.90 Å². The summed E-state index contributed by atoms with van der Waals surface area (Å²) in [5.41, 5.74) is 1.65. The Morgan fingerprint density at radius 1 is 1.16 bits per heavy atom. The number of likely N-dealkylation sites (N-methyl/N-ethyl adjacent to an activating group) is 1. The van der Waals surface area contributed by atoms with Gasteiger partial charge in [0.1, 0.15) is 0 Å². The van der Waals surface area contributed by atoms with Gasteiger partial charge in [-0.3, -0.25) is 4.79 Å². The lowest BCUT2D eigenvalue weighted by molar-refractivity contribution is -0.120. The fourth-order valence-electron chi connectivity index (χ4n) is 4.31. The summed E-state index contributed by atoms with van der Waals surface area (Å²) in [7, 11) is 8.70. The highest BCUT2D eigenvalue weighted by molar-refractivity contribution is 5.95. The van der Waals surface area contributed by atoms with Gasteiger partial charge in [0.15, 0.2) is 23.0 Å². The quantitative estimate of drug-likeness (QED) is 0.901. The van der Waals surface area contributed by atoms with E-state index in [0.29, 0.717) is 17.9 Å². The molecule has 0 fully saturated rings. The average molecular weight is 347 g/mol. The van der Waals surface area contributed by atoms with E-state index in [4.69, 9.17) is 14.2 Å². The third kappa shape index (κ3) is 2.69. The van der Waals surface area contributed by atoms with E-state index in [-0.39, 0.29) is 35.5 Å². The second kappa shape index (κ2) is 6.69. The van der Waals surface area contributed by atoms with Crippen LogP contribution in [0.4, 0.5) is 0 Å². The van der Waals surface area contributed by atoms with Crippen LogP contribution in [0.5, 0.6) is 11.5 Å². The van der Waals surface area contributed by atoms with Gasteiger partial charge >= 0.3 is 0 Å². The van der Waals surface area contributed by atoms with Crippen LogP contribution in [-0.4, -0.2) is 57.3 Å². The van der Waals surface area contributed by atoms with E-state index in [1.807, 2.05) is 26.2 Å². The molecular weight excluding hydrogens is 322 g/mol. The number of ketones is 1. The number of benzene rings is 1. The SMILES string of the molecule is COC1=CC2C(CC1=O)c1c(ccc(OC)c1O)[C@@H](OC)[C@@H]2N(C)C. The summed E-state index contributed by atoms with van der Waals surface area (Å²) in [6, 6.07) is 3.69. The molecule has 6 nitrogen and oxygen atoms in total. The standard InChI is InChI=1S/C19H25NO5/c1-20(2)17-12-9-15(24-4)13(21)8-11(12)16-10(19(17)25-5)6-7-14(23-3)18(16)22/h6-7,9,11-12,17,19,22H,8H2,1-5H3/t11?,12?,17-,19-/m1/s1. The molecule has 0 saturated heterocycles. The number of allylic oxidation sites excluding steroid dienone is 1. The number of hydrogen-bond donors (Lipinski definition) is 1. The van der Waals surface area contributed by atoms with E-state index >= 15 is 0 Å². The summed E-state index contributed by atoms with van der Waals surface area (Å²) in [4.78, 5) is 14.5. The summed E-state index contributed by atoms with van der Waals surface area (Å²) >= 11 is 0. The van der Waals surface area contributed by atoms with Gasteiger partial charge in [0.05, 0.1) is 20.3 Å². The number of carbonyl (C=O) groups excluding carboxylic acids is 1. The maximum Gasteiger partial charge on any atom is 0.197 e. The molecule has 1 aromatic rings. The van der Waals surface area contributed by atoms with Gasteiger partial charge in [-0.2, -0.15) is 0 Å². The predicted octanol–water partition coefficient (Wildman–Crippen LogP) is 2.24. The lowest BCUT2D eigenvalue weighted by atomic mass is 9.66. The van der Waals surface area contributed by atoms with Crippen LogP contribution in [0.2, 0.25) is 0 Å². The molecule has 1 aromatic carbocycles. The van der Waals surface area contributed by atoms with Gasteiger partial charge in [-0.05, 0) is 31.8 Å². The van der Waals surface area contributed by atoms with Gasteiger partial charge in [-0.25, -0.2) is 0 Å². The van der Waals surface area contributed by atoms with Crippen molar-refractivity contribution in [3.8, 4) is 11.5 Å². The van der Waals surface area contributed by atoms with Crippen molar-refractivity contribution in [3.63, 3.8) is 0 Å². The van der Waals surface area contributed by atoms with Crippen LogP contribution in [-0.2, 0) is 14.3 Å². The molecule has 0 heterocycles. The summed E-state index contributed by atoms with van der Waals surface area (Å²) in [6.45, 7) is 0. The van der Waals surface area contributed by atoms with Crippen molar-refractivity contribution in [1.82, 2.24) is 4.90 Å². The van der Waals surface area contributed by atoms with Crippen LogP contribution in [0.3, 0.4) is 0 Å². The molecule has 0 radical (unpaired) electrons. The number of Topliss-reactive ketones (excluding diaryl/α,β-unsaturated/α-hetero) is 1. The maximum absolute atomic E-state index is 12.4. The first-order valence-corrected chi connectivity index (χ1v) is 8.32. The van der Waals surface area contributed by atoms with Gasteiger partial charge < -0.3 is 24.2 Å². The minimum Gasteiger partial charge on any atom is -0.504 e. The molecule has 0 spiro atoms. The van der Waals surface area contributed by atoms with Gasteiger partial charge in [-0.15, -0.1) is 0 Å². The Morgan fingerprint density at radius 2 is 1.88 bits per heavy atom.